The van der Waals surface area contributed by atoms with Crippen molar-refractivity contribution in [3.63, 3.8) is 0 Å². The number of rotatable bonds is 4. The smallest absolute Gasteiger partial charge is 0.257 e. The van der Waals surface area contributed by atoms with Crippen LogP contribution in [0.25, 0.3) is 5.70 Å². The Labute approximate surface area is 172 Å². The van der Waals surface area contributed by atoms with Gasteiger partial charge in [0.25, 0.3) is 5.95 Å². The lowest BCUT2D eigenvalue weighted by molar-refractivity contribution is 0.603. The number of anilines is 2. The van der Waals surface area contributed by atoms with Crippen molar-refractivity contribution in [3.05, 3.63) is 75.8 Å². The Morgan fingerprint density at radius 3 is 2.57 bits per heavy atom. The van der Waals surface area contributed by atoms with Crippen LogP contribution in [0.4, 0.5) is 11.9 Å². The molecule has 0 bridgehead atoms. The van der Waals surface area contributed by atoms with Crippen LogP contribution in [-0.4, -0.2) is 29.4 Å². The van der Waals surface area contributed by atoms with Crippen molar-refractivity contribution in [3.8, 4) is 0 Å². The molecule has 28 heavy (non-hydrogen) atoms. The highest BCUT2D eigenvalue weighted by Crippen LogP contribution is 2.36. The molecule has 1 aromatic heterocycles. The predicted octanol–water partition coefficient (Wildman–Crippen LogP) is 4.01. The van der Waals surface area contributed by atoms with Gasteiger partial charge in [-0.15, -0.1) is 5.10 Å². The minimum atomic E-state index is -3.51. The number of hydrogen-bond donors (Lipinski definition) is 2. The van der Waals surface area contributed by atoms with E-state index in [1.807, 2.05) is 42.5 Å². The second-order valence-electron chi connectivity index (χ2n) is 6.26. The van der Waals surface area contributed by atoms with Crippen LogP contribution in [0, 0.1) is 0 Å². The lowest BCUT2D eigenvalue weighted by Gasteiger charge is -2.25. The van der Waals surface area contributed by atoms with Gasteiger partial charge in [0.15, 0.2) is 0 Å². The molecule has 2 aromatic carbocycles. The van der Waals surface area contributed by atoms with E-state index >= 15 is 0 Å². The van der Waals surface area contributed by atoms with E-state index in [0.717, 1.165) is 23.1 Å². The molecule has 0 aliphatic carbocycles. The summed E-state index contributed by atoms with van der Waals surface area (Å²) in [4.78, 5) is 4.28. The molecule has 10 heteroatoms. The third-order valence-corrected chi connectivity index (χ3v) is 5.22. The summed E-state index contributed by atoms with van der Waals surface area (Å²) in [5.74, 6) is 0.367. The van der Waals surface area contributed by atoms with Crippen molar-refractivity contribution in [1.82, 2.24) is 14.8 Å². The van der Waals surface area contributed by atoms with E-state index in [1.165, 1.54) is 0 Å². The Kier molecular flexibility index (Phi) is 4.78. The van der Waals surface area contributed by atoms with Gasteiger partial charge >= 0.3 is 0 Å². The van der Waals surface area contributed by atoms with Crippen molar-refractivity contribution < 1.29 is 8.42 Å². The standard InChI is InChI=1S/C18H15Cl2N5O2S/c1-28(26,27)24-17-22-18-21-15(11-5-3-2-4-6-11)10-16(25(18)23-17)13-8-7-12(19)9-14(13)20/h2-10,16H,1H3,(H2,21,22,23,24)/t16-/m1/s1. The third-order valence-electron chi connectivity index (χ3n) is 4.11. The van der Waals surface area contributed by atoms with E-state index in [4.69, 9.17) is 23.2 Å². The van der Waals surface area contributed by atoms with Crippen LogP contribution in [0.15, 0.2) is 54.6 Å². The Morgan fingerprint density at radius 2 is 1.89 bits per heavy atom. The van der Waals surface area contributed by atoms with Crippen LogP contribution in [0.5, 0.6) is 0 Å². The third kappa shape index (κ3) is 3.84. The lowest BCUT2D eigenvalue weighted by Crippen LogP contribution is -2.20. The molecule has 4 rings (SSSR count). The topological polar surface area (TPSA) is 88.9 Å². The van der Waals surface area contributed by atoms with Gasteiger partial charge in [0, 0.05) is 15.7 Å². The number of sulfonamides is 1. The van der Waals surface area contributed by atoms with Gasteiger partial charge in [-0.25, -0.2) is 13.1 Å². The van der Waals surface area contributed by atoms with Crippen molar-refractivity contribution in [2.75, 3.05) is 16.3 Å². The number of halogens is 2. The quantitative estimate of drug-likeness (QED) is 0.645. The first-order valence-corrected chi connectivity index (χ1v) is 10.9. The molecule has 144 valence electrons. The summed E-state index contributed by atoms with van der Waals surface area (Å²) >= 11 is 12.5. The normalized spacial score (nSPS) is 16.1. The molecule has 1 atom stereocenters. The Morgan fingerprint density at radius 1 is 1.14 bits per heavy atom. The van der Waals surface area contributed by atoms with Crippen LogP contribution in [-0.2, 0) is 10.0 Å². The molecule has 3 aromatic rings. The average Bonchev–Trinajstić information content (AvgIpc) is 3.02. The first kappa shape index (κ1) is 18.8. The molecule has 0 saturated heterocycles. The van der Waals surface area contributed by atoms with E-state index in [-0.39, 0.29) is 5.95 Å². The predicted molar refractivity (Wildman–Crippen MR) is 111 cm³/mol. The number of allylic oxidation sites excluding steroid dienone is 1. The van der Waals surface area contributed by atoms with Crippen molar-refractivity contribution in [1.29, 1.82) is 0 Å². The lowest BCUT2D eigenvalue weighted by atomic mass is 10.0. The van der Waals surface area contributed by atoms with Crippen LogP contribution < -0.4 is 10.0 Å². The van der Waals surface area contributed by atoms with Crippen LogP contribution in [0.2, 0.25) is 10.0 Å². The Hall–Kier alpha value is -2.55. The van der Waals surface area contributed by atoms with E-state index in [2.05, 4.69) is 20.1 Å². The average molecular weight is 436 g/mol. The SMILES string of the molecule is CS(=O)(=O)Nc1nc2n(n1)[C@@H](c1ccc(Cl)cc1Cl)C=C(c1ccccc1)N2. The molecule has 0 fully saturated rings. The minimum Gasteiger partial charge on any atom is -0.324 e. The van der Waals surface area contributed by atoms with Gasteiger partial charge in [0.1, 0.15) is 6.04 Å². The highest BCUT2D eigenvalue weighted by Gasteiger charge is 2.27. The second kappa shape index (κ2) is 7.12. The molecule has 2 N–H and O–H groups in total. The summed E-state index contributed by atoms with van der Waals surface area (Å²) in [5, 5.41) is 8.49. The molecule has 0 amide bonds. The molecular weight excluding hydrogens is 421 g/mol. The molecular formula is C18H15Cl2N5O2S. The molecule has 7 nitrogen and oxygen atoms in total. The molecule has 0 spiro atoms. The zero-order valence-electron chi connectivity index (χ0n) is 14.6. The van der Waals surface area contributed by atoms with Crippen molar-refractivity contribution in [2.24, 2.45) is 0 Å². The number of hydrogen-bond acceptors (Lipinski definition) is 5. The van der Waals surface area contributed by atoms with Gasteiger partial charge in [-0.05, 0) is 29.3 Å². The fourth-order valence-electron chi connectivity index (χ4n) is 2.95. The summed E-state index contributed by atoms with van der Waals surface area (Å²) in [6, 6.07) is 14.5. The molecule has 0 radical (unpaired) electrons. The van der Waals surface area contributed by atoms with Gasteiger partial charge < -0.3 is 5.32 Å². The summed E-state index contributed by atoms with van der Waals surface area (Å²) in [5.41, 5.74) is 2.52. The second-order valence-corrected chi connectivity index (χ2v) is 8.85. The van der Waals surface area contributed by atoms with E-state index in [9.17, 15) is 8.42 Å². The van der Waals surface area contributed by atoms with Crippen LogP contribution in [0.1, 0.15) is 17.2 Å². The zero-order valence-corrected chi connectivity index (χ0v) is 16.9. The van der Waals surface area contributed by atoms with Gasteiger partial charge in [-0.2, -0.15) is 4.98 Å². The van der Waals surface area contributed by atoms with Crippen LogP contribution >= 0.6 is 23.2 Å². The highest BCUT2D eigenvalue weighted by molar-refractivity contribution is 7.91. The van der Waals surface area contributed by atoms with Gasteiger partial charge in [-0.3, -0.25) is 4.72 Å². The minimum absolute atomic E-state index is 0.0252. The summed E-state index contributed by atoms with van der Waals surface area (Å²) < 4.78 is 27.0. The number of nitrogens with zero attached hydrogens (tertiary/aromatic N) is 3. The molecule has 0 unspecified atom stereocenters. The highest BCUT2D eigenvalue weighted by atomic mass is 35.5. The maximum atomic E-state index is 11.6. The largest absolute Gasteiger partial charge is 0.324 e. The first-order chi connectivity index (χ1) is 13.3. The van der Waals surface area contributed by atoms with E-state index in [0.29, 0.717) is 16.0 Å². The molecule has 1 aliphatic rings. The molecule has 1 aliphatic heterocycles. The summed E-state index contributed by atoms with van der Waals surface area (Å²) in [6.07, 6.45) is 3.00. The monoisotopic (exact) mass is 435 g/mol. The molecule has 2 heterocycles. The van der Waals surface area contributed by atoms with Gasteiger partial charge in [0.2, 0.25) is 16.0 Å². The number of aromatic nitrogens is 3. The van der Waals surface area contributed by atoms with Gasteiger partial charge in [-0.1, -0.05) is 59.6 Å². The first-order valence-electron chi connectivity index (χ1n) is 8.24. The Balaban J connectivity index is 1.84. The Bertz CT molecular complexity index is 1180. The van der Waals surface area contributed by atoms with Crippen molar-refractivity contribution >= 4 is 50.8 Å². The maximum absolute atomic E-state index is 11.6. The molecule has 0 saturated carbocycles. The fourth-order valence-corrected chi connectivity index (χ4v) is 3.89. The van der Waals surface area contributed by atoms with Crippen molar-refractivity contribution in [2.45, 2.75) is 6.04 Å². The van der Waals surface area contributed by atoms with Crippen LogP contribution in [0.3, 0.4) is 0 Å². The van der Waals surface area contributed by atoms with Gasteiger partial charge in [0.05, 0.1) is 6.26 Å². The maximum Gasteiger partial charge on any atom is 0.257 e. The van der Waals surface area contributed by atoms with E-state index < -0.39 is 16.1 Å². The zero-order chi connectivity index (χ0) is 19.9. The number of benzene rings is 2. The fraction of sp³-hybridized carbons (Fsp3) is 0.111. The summed E-state index contributed by atoms with van der Waals surface area (Å²) in [7, 11) is -3.51. The number of nitrogens with one attached hydrogen (secondary N) is 2. The number of fused-ring (bicyclic) bond motifs is 1. The summed E-state index contributed by atoms with van der Waals surface area (Å²) in [6.45, 7) is 0. The van der Waals surface area contributed by atoms with E-state index in [1.54, 1.807) is 16.8 Å².